The summed E-state index contributed by atoms with van der Waals surface area (Å²) in [5.41, 5.74) is 0. The Morgan fingerprint density at radius 2 is 2.10 bits per heavy atom. The molecule has 5 heteroatoms. The summed E-state index contributed by atoms with van der Waals surface area (Å²) in [5.74, 6) is 2.43. The van der Waals surface area contributed by atoms with Crippen LogP contribution in [0.1, 0.15) is 52.4 Å². The third-order valence-corrected chi connectivity index (χ3v) is 4.92. The van der Waals surface area contributed by atoms with Crippen LogP contribution in [-0.4, -0.2) is 41.3 Å². The topological polar surface area (TPSA) is 61.4 Å². The first-order chi connectivity index (χ1) is 9.67. The SMILES string of the molecule is CCSCCC(C)NC(=O)NC1CCCCCC1CO. The molecule has 118 valence electrons. The van der Waals surface area contributed by atoms with Crippen molar-refractivity contribution >= 4 is 17.8 Å². The van der Waals surface area contributed by atoms with Gasteiger partial charge in [0.1, 0.15) is 0 Å². The molecule has 0 saturated heterocycles. The van der Waals surface area contributed by atoms with Gasteiger partial charge < -0.3 is 15.7 Å². The fourth-order valence-corrected chi connectivity index (χ4v) is 3.51. The van der Waals surface area contributed by atoms with Gasteiger partial charge in [-0.15, -0.1) is 0 Å². The number of hydrogen-bond donors (Lipinski definition) is 3. The lowest BCUT2D eigenvalue weighted by atomic mass is 9.96. The number of aliphatic hydroxyl groups is 1. The van der Waals surface area contributed by atoms with Crippen molar-refractivity contribution < 1.29 is 9.90 Å². The Morgan fingerprint density at radius 3 is 2.80 bits per heavy atom. The zero-order chi connectivity index (χ0) is 14.8. The normalized spacial score (nSPS) is 24.8. The molecule has 2 amide bonds. The molecule has 0 aromatic rings. The summed E-state index contributed by atoms with van der Waals surface area (Å²) in [6, 6.07) is 0.247. The molecule has 0 heterocycles. The minimum Gasteiger partial charge on any atom is -0.396 e. The minimum absolute atomic E-state index is 0.0793. The lowest BCUT2D eigenvalue weighted by Gasteiger charge is -2.25. The number of amides is 2. The van der Waals surface area contributed by atoms with Gasteiger partial charge >= 0.3 is 6.03 Å². The Labute approximate surface area is 127 Å². The molecule has 0 aliphatic heterocycles. The maximum absolute atomic E-state index is 12.0. The summed E-state index contributed by atoms with van der Waals surface area (Å²) < 4.78 is 0. The molecule has 3 N–H and O–H groups in total. The minimum atomic E-state index is -0.0793. The summed E-state index contributed by atoms with van der Waals surface area (Å²) in [6.45, 7) is 4.37. The van der Waals surface area contributed by atoms with Crippen LogP contribution in [0.2, 0.25) is 0 Å². The zero-order valence-electron chi connectivity index (χ0n) is 12.9. The van der Waals surface area contributed by atoms with E-state index in [-0.39, 0.29) is 30.6 Å². The van der Waals surface area contributed by atoms with E-state index in [1.165, 1.54) is 6.42 Å². The van der Waals surface area contributed by atoms with E-state index in [0.29, 0.717) is 0 Å². The predicted octanol–water partition coefficient (Wildman–Crippen LogP) is 2.76. The second-order valence-corrected chi connectivity index (χ2v) is 7.09. The third kappa shape index (κ3) is 6.84. The van der Waals surface area contributed by atoms with Gasteiger partial charge in [0.15, 0.2) is 0 Å². The van der Waals surface area contributed by atoms with E-state index in [4.69, 9.17) is 0 Å². The van der Waals surface area contributed by atoms with E-state index in [9.17, 15) is 9.90 Å². The molecule has 3 atom stereocenters. The van der Waals surface area contributed by atoms with E-state index < -0.39 is 0 Å². The van der Waals surface area contributed by atoms with Crippen LogP contribution in [-0.2, 0) is 0 Å². The lowest BCUT2D eigenvalue weighted by molar-refractivity contribution is 0.178. The van der Waals surface area contributed by atoms with Gasteiger partial charge in [0.2, 0.25) is 0 Å². The summed E-state index contributed by atoms with van der Waals surface area (Å²) in [6.07, 6.45) is 6.52. The average molecular weight is 302 g/mol. The largest absolute Gasteiger partial charge is 0.396 e. The smallest absolute Gasteiger partial charge is 0.315 e. The van der Waals surface area contributed by atoms with E-state index >= 15 is 0 Å². The second-order valence-electron chi connectivity index (χ2n) is 5.69. The molecule has 3 unspecified atom stereocenters. The van der Waals surface area contributed by atoms with Crippen molar-refractivity contribution in [1.82, 2.24) is 10.6 Å². The molecule has 0 spiro atoms. The van der Waals surface area contributed by atoms with Gasteiger partial charge in [-0.05, 0) is 37.7 Å². The van der Waals surface area contributed by atoms with Gasteiger partial charge in [0, 0.05) is 24.6 Å². The Hall–Kier alpha value is -0.420. The first-order valence-corrected chi connectivity index (χ1v) is 9.08. The first-order valence-electron chi connectivity index (χ1n) is 7.93. The molecule has 4 nitrogen and oxygen atoms in total. The number of urea groups is 1. The Bertz CT molecular complexity index is 277. The number of rotatable bonds is 7. The summed E-state index contributed by atoms with van der Waals surface area (Å²) >= 11 is 1.90. The molecule has 0 aromatic heterocycles. The van der Waals surface area contributed by atoms with Crippen LogP contribution in [0.15, 0.2) is 0 Å². The fraction of sp³-hybridized carbons (Fsp3) is 0.933. The predicted molar refractivity (Wildman–Crippen MR) is 86.2 cm³/mol. The number of carbonyl (C=O) groups excluding carboxylic acids is 1. The number of nitrogens with one attached hydrogen (secondary N) is 2. The number of thioether (sulfide) groups is 1. The molecule has 0 aromatic carbocycles. The first kappa shape index (κ1) is 17.6. The molecule has 0 radical (unpaired) electrons. The van der Waals surface area contributed by atoms with E-state index in [1.807, 2.05) is 18.7 Å². The highest BCUT2D eigenvalue weighted by Crippen LogP contribution is 2.23. The van der Waals surface area contributed by atoms with E-state index in [1.54, 1.807) is 0 Å². The Balaban J connectivity index is 2.31. The Morgan fingerprint density at radius 1 is 1.35 bits per heavy atom. The van der Waals surface area contributed by atoms with Gasteiger partial charge in [-0.25, -0.2) is 4.79 Å². The van der Waals surface area contributed by atoms with Gasteiger partial charge in [0.05, 0.1) is 0 Å². The summed E-state index contributed by atoms with van der Waals surface area (Å²) in [5, 5.41) is 15.5. The lowest BCUT2D eigenvalue weighted by Crippen LogP contribution is -2.48. The van der Waals surface area contributed by atoms with Crippen molar-refractivity contribution in [2.24, 2.45) is 5.92 Å². The molecular formula is C15H30N2O2S. The van der Waals surface area contributed by atoms with Crippen molar-refractivity contribution in [3.05, 3.63) is 0 Å². The van der Waals surface area contributed by atoms with Crippen LogP contribution in [0.4, 0.5) is 4.79 Å². The number of carbonyl (C=O) groups is 1. The van der Waals surface area contributed by atoms with Crippen LogP contribution >= 0.6 is 11.8 Å². The quantitative estimate of drug-likeness (QED) is 0.500. The van der Waals surface area contributed by atoms with Crippen molar-refractivity contribution in [3.63, 3.8) is 0 Å². The number of aliphatic hydroxyl groups excluding tert-OH is 1. The highest BCUT2D eigenvalue weighted by molar-refractivity contribution is 7.99. The fourth-order valence-electron chi connectivity index (χ4n) is 2.70. The molecular weight excluding hydrogens is 272 g/mol. The van der Waals surface area contributed by atoms with Gasteiger partial charge in [-0.3, -0.25) is 0 Å². The zero-order valence-corrected chi connectivity index (χ0v) is 13.7. The van der Waals surface area contributed by atoms with Crippen molar-refractivity contribution in [2.75, 3.05) is 18.1 Å². The van der Waals surface area contributed by atoms with Gasteiger partial charge in [-0.2, -0.15) is 11.8 Å². The van der Waals surface area contributed by atoms with Crippen LogP contribution in [0.3, 0.4) is 0 Å². The molecule has 1 aliphatic carbocycles. The van der Waals surface area contributed by atoms with Gasteiger partial charge in [-0.1, -0.05) is 26.2 Å². The van der Waals surface area contributed by atoms with Crippen LogP contribution < -0.4 is 10.6 Å². The van der Waals surface area contributed by atoms with Crippen LogP contribution in [0.25, 0.3) is 0 Å². The highest BCUT2D eigenvalue weighted by Gasteiger charge is 2.24. The molecule has 1 fully saturated rings. The molecule has 1 aliphatic rings. The van der Waals surface area contributed by atoms with Crippen molar-refractivity contribution in [3.8, 4) is 0 Å². The second kappa shape index (κ2) is 10.3. The maximum Gasteiger partial charge on any atom is 0.315 e. The molecule has 20 heavy (non-hydrogen) atoms. The van der Waals surface area contributed by atoms with Crippen molar-refractivity contribution in [1.29, 1.82) is 0 Å². The van der Waals surface area contributed by atoms with E-state index in [0.717, 1.165) is 43.6 Å². The third-order valence-electron chi connectivity index (χ3n) is 3.99. The summed E-state index contributed by atoms with van der Waals surface area (Å²) in [7, 11) is 0. The molecule has 1 rings (SSSR count). The number of hydrogen-bond acceptors (Lipinski definition) is 3. The monoisotopic (exact) mass is 302 g/mol. The van der Waals surface area contributed by atoms with Crippen LogP contribution in [0.5, 0.6) is 0 Å². The average Bonchev–Trinajstić information content (AvgIpc) is 2.63. The molecule has 1 saturated carbocycles. The van der Waals surface area contributed by atoms with Crippen LogP contribution in [0, 0.1) is 5.92 Å². The van der Waals surface area contributed by atoms with Crippen molar-refractivity contribution in [2.45, 2.75) is 64.5 Å². The highest BCUT2D eigenvalue weighted by atomic mass is 32.2. The maximum atomic E-state index is 12.0. The Kier molecular flexibility index (Phi) is 9.10. The van der Waals surface area contributed by atoms with Gasteiger partial charge in [0.25, 0.3) is 0 Å². The summed E-state index contributed by atoms with van der Waals surface area (Å²) in [4.78, 5) is 12.0. The molecule has 0 bridgehead atoms. The van der Waals surface area contributed by atoms with E-state index in [2.05, 4.69) is 17.6 Å². The standard InChI is InChI=1S/C15H30N2O2S/c1-3-20-10-9-12(2)16-15(19)17-14-8-6-4-5-7-13(14)11-18/h12-14,18H,3-11H2,1-2H3,(H2,16,17,19).